The number of aromatic carboxylic acids is 1. The molecule has 0 bridgehead atoms. The minimum absolute atomic E-state index is 0.221. The summed E-state index contributed by atoms with van der Waals surface area (Å²) in [5.74, 6) is -0.369. The van der Waals surface area contributed by atoms with Gasteiger partial charge in [-0.1, -0.05) is 0 Å². The highest BCUT2D eigenvalue weighted by Crippen LogP contribution is 2.20. The number of aromatic nitrogens is 1. The van der Waals surface area contributed by atoms with Gasteiger partial charge < -0.3 is 10.2 Å². The van der Waals surface area contributed by atoms with Crippen LogP contribution < -0.4 is 0 Å². The van der Waals surface area contributed by atoms with Crippen LogP contribution in [0, 0.1) is 5.92 Å². The first kappa shape index (κ1) is 13.0. The molecule has 0 radical (unpaired) electrons. The zero-order valence-electron chi connectivity index (χ0n) is 10.2. The number of carboxylic acid groups (broad SMARTS) is 1. The molecule has 0 amide bonds. The lowest BCUT2D eigenvalue weighted by molar-refractivity contribution is 0.0696. The first-order valence-corrected chi connectivity index (χ1v) is 6.20. The molecule has 5 heteroatoms. The van der Waals surface area contributed by atoms with Gasteiger partial charge in [-0.25, -0.2) is 4.79 Å². The van der Waals surface area contributed by atoms with Crippen LogP contribution in [0.3, 0.4) is 0 Å². The molecule has 1 saturated heterocycles. The topological polar surface area (TPSA) is 73.7 Å². The standard InChI is InChI=1S/C13H18N2O3/c16-6-4-10-3-5-15(8-10)9-12-2-1-11(7-14-12)13(17)18/h1-2,7,10,16H,3-6,8-9H2,(H,17,18). The molecular formula is C13H18N2O3. The lowest BCUT2D eigenvalue weighted by atomic mass is 10.1. The van der Waals surface area contributed by atoms with Crippen LogP contribution in [0.4, 0.5) is 0 Å². The van der Waals surface area contributed by atoms with E-state index < -0.39 is 5.97 Å². The number of carbonyl (C=O) groups is 1. The Balaban J connectivity index is 1.88. The van der Waals surface area contributed by atoms with Gasteiger partial charge >= 0.3 is 5.97 Å². The Morgan fingerprint density at radius 2 is 2.33 bits per heavy atom. The predicted octanol–water partition coefficient (Wildman–Crippen LogP) is 0.984. The molecule has 1 aliphatic heterocycles. The van der Waals surface area contributed by atoms with E-state index in [4.69, 9.17) is 10.2 Å². The van der Waals surface area contributed by atoms with Gasteiger partial charge in [-0.05, 0) is 37.4 Å². The summed E-state index contributed by atoms with van der Waals surface area (Å²) >= 11 is 0. The van der Waals surface area contributed by atoms with Crippen LogP contribution in [0.5, 0.6) is 0 Å². The Bertz CT molecular complexity index is 405. The number of rotatable bonds is 5. The third-order valence-corrected chi connectivity index (χ3v) is 3.36. The largest absolute Gasteiger partial charge is 0.478 e. The zero-order valence-corrected chi connectivity index (χ0v) is 10.2. The van der Waals surface area contributed by atoms with Gasteiger partial charge in [0.1, 0.15) is 0 Å². The molecule has 98 valence electrons. The maximum atomic E-state index is 10.7. The maximum absolute atomic E-state index is 10.7. The summed E-state index contributed by atoms with van der Waals surface area (Å²) in [4.78, 5) is 17.2. The third kappa shape index (κ3) is 3.27. The first-order valence-electron chi connectivity index (χ1n) is 6.20. The van der Waals surface area contributed by atoms with Gasteiger partial charge in [0, 0.05) is 25.9 Å². The van der Waals surface area contributed by atoms with E-state index in [9.17, 15) is 4.79 Å². The number of aliphatic hydroxyl groups is 1. The summed E-state index contributed by atoms with van der Waals surface area (Å²) in [6.45, 7) is 3.02. The van der Waals surface area contributed by atoms with Crippen molar-refractivity contribution in [2.75, 3.05) is 19.7 Å². The second-order valence-electron chi connectivity index (χ2n) is 4.75. The normalized spacial score (nSPS) is 20.2. The first-order chi connectivity index (χ1) is 8.69. The summed E-state index contributed by atoms with van der Waals surface area (Å²) in [7, 11) is 0. The van der Waals surface area contributed by atoms with Gasteiger partial charge in [0.25, 0.3) is 0 Å². The van der Waals surface area contributed by atoms with Crippen molar-refractivity contribution in [1.82, 2.24) is 9.88 Å². The van der Waals surface area contributed by atoms with Gasteiger partial charge in [-0.2, -0.15) is 0 Å². The quantitative estimate of drug-likeness (QED) is 0.815. The SMILES string of the molecule is O=C(O)c1ccc(CN2CCC(CCO)C2)nc1. The zero-order chi connectivity index (χ0) is 13.0. The lowest BCUT2D eigenvalue weighted by Gasteiger charge is -2.15. The van der Waals surface area contributed by atoms with Gasteiger partial charge in [0.2, 0.25) is 0 Å². The highest BCUT2D eigenvalue weighted by molar-refractivity contribution is 5.87. The van der Waals surface area contributed by atoms with Crippen molar-refractivity contribution < 1.29 is 15.0 Å². The third-order valence-electron chi connectivity index (χ3n) is 3.36. The van der Waals surface area contributed by atoms with Gasteiger partial charge in [0.15, 0.2) is 0 Å². The molecule has 1 aliphatic rings. The van der Waals surface area contributed by atoms with Gasteiger partial charge in [0.05, 0.1) is 11.3 Å². The molecule has 2 heterocycles. The second-order valence-corrected chi connectivity index (χ2v) is 4.75. The molecule has 1 aromatic heterocycles. The summed E-state index contributed by atoms with van der Waals surface area (Å²) in [6, 6.07) is 3.36. The molecule has 0 spiro atoms. The number of carboxylic acids is 1. The molecule has 18 heavy (non-hydrogen) atoms. The van der Waals surface area contributed by atoms with Crippen molar-refractivity contribution in [1.29, 1.82) is 0 Å². The van der Waals surface area contributed by atoms with Crippen LogP contribution >= 0.6 is 0 Å². The average molecular weight is 250 g/mol. The van der Waals surface area contributed by atoms with E-state index in [0.29, 0.717) is 5.92 Å². The minimum Gasteiger partial charge on any atom is -0.478 e. The van der Waals surface area contributed by atoms with Gasteiger partial charge in [-0.3, -0.25) is 9.88 Å². The van der Waals surface area contributed by atoms with Crippen LogP contribution in [-0.4, -0.2) is 45.8 Å². The predicted molar refractivity (Wildman–Crippen MR) is 66.3 cm³/mol. The maximum Gasteiger partial charge on any atom is 0.337 e. The van der Waals surface area contributed by atoms with Crippen molar-refractivity contribution in [2.24, 2.45) is 5.92 Å². The molecule has 5 nitrogen and oxygen atoms in total. The van der Waals surface area contributed by atoms with Crippen molar-refractivity contribution in [3.63, 3.8) is 0 Å². The Morgan fingerprint density at radius 3 is 2.94 bits per heavy atom. The molecule has 1 fully saturated rings. The van der Waals surface area contributed by atoms with E-state index >= 15 is 0 Å². The monoisotopic (exact) mass is 250 g/mol. The number of likely N-dealkylation sites (tertiary alicyclic amines) is 1. The molecule has 0 aliphatic carbocycles. The highest BCUT2D eigenvalue weighted by Gasteiger charge is 2.22. The van der Waals surface area contributed by atoms with Crippen molar-refractivity contribution in [3.05, 3.63) is 29.6 Å². The molecule has 1 atom stereocenters. The van der Waals surface area contributed by atoms with E-state index in [1.165, 1.54) is 6.20 Å². The van der Waals surface area contributed by atoms with E-state index in [2.05, 4.69) is 9.88 Å². The molecule has 2 rings (SSSR count). The Hall–Kier alpha value is -1.46. The average Bonchev–Trinajstić information content (AvgIpc) is 2.78. The summed E-state index contributed by atoms with van der Waals surface area (Å²) in [5.41, 5.74) is 1.11. The summed E-state index contributed by atoms with van der Waals surface area (Å²) in [6.07, 6.45) is 3.38. The van der Waals surface area contributed by atoms with Crippen molar-refractivity contribution in [3.8, 4) is 0 Å². The number of pyridine rings is 1. The molecule has 0 saturated carbocycles. The Labute approximate surface area is 106 Å². The van der Waals surface area contributed by atoms with Gasteiger partial charge in [-0.15, -0.1) is 0 Å². The minimum atomic E-state index is -0.946. The smallest absolute Gasteiger partial charge is 0.337 e. The van der Waals surface area contributed by atoms with Crippen LogP contribution in [0.25, 0.3) is 0 Å². The fraction of sp³-hybridized carbons (Fsp3) is 0.538. The molecular weight excluding hydrogens is 232 g/mol. The fourth-order valence-corrected chi connectivity index (χ4v) is 2.35. The molecule has 0 aromatic carbocycles. The second kappa shape index (κ2) is 5.93. The molecule has 1 aromatic rings. The number of hydrogen-bond acceptors (Lipinski definition) is 4. The lowest BCUT2D eigenvalue weighted by Crippen LogP contribution is -2.21. The van der Waals surface area contributed by atoms with Crippen LogP contribution in [0.2, 0.25) is 0 Å². The van der Waals surface area contributed by atoms with E-state index in [-0.39, 0.29) is 12.2 Å². The molecule has 1 unspecified atom stereocenters. The summed E-state index contributed by atoms with van der Waals surface area (Å²) in [5, 5.41) is 17.7. The van der Waals surface area contributed by atoms with Crippen LogP contribution in [0.1, 0.15) is 28.9 Å². The Kier molecular flexibility index (Phi) is 4.28. The van der Waals surface area contributed by atoms with E-state index in [1.807, 2.05) is 0 Å². The Morgan fingerprint density at radius 1 is 1.50 bits per heavy atom. The van der Waals surface area contributed by atoms with E-state index in [1.54, 1.807) is 12.1 Å². The molecule has 2 N–H and O–H groups in total. The number of aliphatic hydroxyl groups excluding tert-OH is 1. The highest BCUT2D eigenvalue weighted by atomic mass is 16.4. The number of hydrogen-bond donors (Lipinski definition) is 2. The van der Waals surface area contributed by atoms with Crippen molar-refractivity contribution in [2.45, 2.75) is 19.4 Å². The fourth-order valence-electron chi connectivity index (χ4n) is 2.35. The number of nitrogens with zero attached hydrogens (tertiary/aromatic N) is 2. The van der Waals surface area contributed by atoms with Crippen LogP contribution in [-0.2, 0) is 6.54 Å². The van der Waals surface area contributed by atoms with Crippen LogP contribution in [0.15, 0.2) is 18.3 Å². The van der Waals surface area contributed by atoms with E-state index in [0.717, 1.165) is 38.2 Å². The van der Waals surface area contributed by atoms with Crippen molar-refractivity contribution >= 4 is 5.97 Å². The summed E-state index contributed by atoms with van der Waals surface area (Å²) < 4.78 is 0.